The van der Waals surface area contributed by atoms with Gasteiger partial charge in [-0.15, -0.1) is 0 Å². The molecule has 0 unspecified atom stereocenters. The van der Waals surface area contributed by atoms with E-state index >= 15 is 0 Å². The van der Waals surface area contributed by atoms with Gasteiger partial charge in [0.2, 0.25) is 5.91 Å². The van der Waals surface area contributed by atoms with Crippen LogP contribution in [0.1, 0.15) is 12.0 Å². The Morgan fingerprint density at radius 3 is 2.54 bits per heavy atom. The van der Waals surface area contributed by atoms with Crippen LogP contribution in [0.4, 0.5) is 10.1 Å². The quantitative estimate of drug-likeness (QED) is 0.568. The van der Waals surface area contributed by atoms with E-state index in [0.717, 1.165) is 11.3 Å². The third-order valence-electron chi connectivity index (χ3n) is 3.98. The molecule has 8 heteroatoms. The molecule has 1 aliphatic heterocycles. The van der Waals surface area contributed by atoms with Crippen molar-refractivity contribution in [3.05, 3.63) is 64.8 Å². The van der Waals surface area contributed by atoms with Crippen molar-refractivity contribution in [3.63, 3.8) is 0 Å². The summed E-state index contributed by atoms with van der Waals surface area (Å²) in [5, 5.41) is 2.66. The number of hydrogen-bond donors (Lipinski definition) is 1. The van der Waals surface area contributed by atoms with E-state index in [9.17, 15) is 14.0 Å². The SMILES string of the molecule is COc1ccc(/C=C2\SC(=S)N(CCC(=O)Nc3ccc(F)cc3)C2=O)cc1. The summed E-state index contributed by atoms with van der Waals surface area (Å²) in [5.74, 6) is -0.142. The number of carbonyl (C=O) groups excluding carboxylic acids is 2. The summed E-state index contributed by atoms with van der Waals surface area (Å²) in [6, 6.07) is 12.8. The van der Waals surface area contributed by atoms with E-state index in [0.29, 0.717) is 14.9 Å². The average molecular weight is 416 g/mol. The Hall–Kier alpha value is -2.71. The van der Waals surface area contributed by atoms with Crippen LogP contribution in [-0.4, -0.2) is 34.7 Å². The summed E-state index contributed by atoms with van der Waals surface area (Å²) < 4.78 is 18.4. The van der Waals surface area contributed by atoms with Crippen LogP contribution in [0.3, 0.4) is 0 Å². The standard InChI is InChI=1S/C20H17FN2O3S2/c1-26-16-8-2-13(3-9-16)12-17-19(25)23(20(27)28-17)11-10-18(24)22-15-6-4-14(21)5-7-15/h2-9,12H,10-11H2,1H3,(H,22,24)/b17-12-. The maximum absolute atomic E-state index is 12.9. The first kappa shape index (κ1) is 20.0. The van der Waals surface area contributed by atoms with Crippen molar-refractivity contribution in [2.45, 2.75) is 6.42 Å². The van der Waals surface area contributed by atoms with Crippen LogP contribution in [-0.2, 0) is 9.59 Å². The third kappa shape index (κ3) is 4.96. The van der Waals surface area contributed by atoms with E-state index in [-0.39, 0.29) is 30.6 Å². The molecule has 1 N–H and O–H groups in total. The maximum atomic E-state index is 12.9. The van der Waals surface area contributed by atoms with Gasteiger partial charge in [-0.05, 0) is 48.0 Å². The van der Waals surface area contributed by atoms with E-state index in [1.807, 2.05) is 24.3 Å². The molecule has 5 nitrogen and oxygen atoms in total. The molecule has 0 bridgehead atoms. The predicted molar refractivity (Wildman–Crippen MR) is 113 cm³/mol. The highest BCUT2D eigenvalue weighted by atomic mass is 32.2. The lowest BCUT2D eigenvalue weighted by atomic mass is 10.2. The number of benzene rings is 2. The second-order valence-electron chi connectivity index (χ2n) is 5.91. The zero-order valence-corrected chi connectivity index (χ0v) is 16.6. The van der Waals surface area contributed by atoms with Gasteiger partial charge in [-0.3, -0.25) is 14.5 Å². The molecule has 0 atom stereocenters. The van der Waals surface area contributed by atoms with Gasteiger partial charge in [-0.1, -0.05) is 36.1 Å². The van der Waals surface area contributed by atoms with Gasteiger partial charge in [0.05, 0.1) is 12.0 Å². The fourth-order valence-electron chi connectivity index (χ4n) is 2.51. The first-order valence-corrected chi connectivity index (χ1v) is 9.63. The smallest absolute Gasteiger partial charge is 0.266 e. The number of amides is 2. The minimum atomic E-state index is -0.376. The lowest BCUT2D eigenvalue weighted by molar-refractivity contribution is -0.122. The van der Waals surface area contributed by atoms with Gasteiger partial charge >= 0.3 is 0 Å². The van der Waals surface area contributed by atoms with Crippen molar-refractivity contribution >= 4 is 51.9 Å². The molecule has 0 radical (unpaired) electrons. The van der Waals surface area contributed by atoms with Crippen LogP contribution in [0.25, 0.3) is 6.08 Å². The number of rotatable bonds is 6. The number of anilines is 1. The van der Waals surface area contributed by atoms with Gasteiger partial charge < -0.3 is 10.1 Å². The molecule has 1 aliphatic rings. The van der Waals surface area contributed by atoms with Crippen LogP contribution in [0, 0.1) is 5.82 Å². The molecule has 28 heavy (non-hydrogen) atoms. The van der Waals surface area contributed by atoms with Crippen LogP contribution >= 0.6 is 24.0 Å². The fraction of sp³-hybridized carbons (Fsp3) is 0.150. The van der Waals surface area contributed by atoms with E-state index < -0.39 is 0 Å². The Kier molecular flexibility index (Phi) is 6.43. The highest BCUT2D eigenvalue weighted by molar-refractivity contribution is 8.26. The first-order valence-electron chi connectivity index (χ1n) is 8.41. The second kappa shape index (κ2) is 8.99. The molecule has 2 amide bonds. The normalized spacial score (nSPS) is 15.2. The number of carbonyl (C=O) groups is 2. The minimum absolute atomic E-state index is 0.0830. The van der Waals surface area contributed by atoms with Crippen molar-refractivity contribution in [1.82, 2.24) is 4.90 Å². The molecule has 0 aromatic heterocycles. The van der Waals surface area contributed by atoms with Crippen LogP contribution in [0.5, 0.6) is 5.75 Å². The Morgan fingerprint density at radius 2 is 1.89 bits per heavy atom. The Bertz CT molecular complexity index is 927. The number of halogens is 1. The van der Waals surface area contributed by atoms with Crippen LogP contribution in [0.2, 0.25) is 0 Å². The summed E-state index contributed by atoms with van der Waals surface area (Å²) >= 11 is 6.49. The maximum Gasteiger partial charge on any atom is 0.266 e. The monoisotopic (exact) mass is 416 g/mol. The molecular formula is C20H17FN2O3S2. The molecule has 3 rings (SSSR count). The lowest BCUT2D eigenvalue weighted by Gasteiger charge is -2.14. The van der Waals surface area contributed by atoms with E-state index in [4.69, 9.17) is 17.0 Å². The summed E-state index contributed by atoms with van der Waals surface area (Å²) in [7, 11) is 1.59. The number of nitrogens with one attached hydrogen (secondary N) is 1. The Labute approximate surface area is 171 Å². The van der Waals surface area contributed by atoms with E-state index in [1.165, 1.54) is 40.9 Å². The molecular weight excluding hydrogens is 399 g/mol. The van der Waals surface area contributed by atoms with Crippen LogP contribution in [0.15, 0.2) is 53.4 Å². The van der Waals surface area contributed by atoms with Crippen molar-refractivity contribution in [3.8, 4) is 5.75 Å². The summed E-state index contributed by atoms with van der Waals surface area (Å²) in [6.07, 6.45) is 1.84. The number of nitrogens with zero attached hydrogens (tertiary/aromatic N) is 1. The number of thioether (sulfide) groups is 1. The Balaban J connectivity index is 1.59. The molecule has 2 aromatic carbocycles. The van der Waals surface area contributed by atoms with Gasteiger partial charge in [0.1, 0.15) is 15.9 Å². The zero-order valence-electron chi connectivity index (χ0n) is 15.0. The molecule has 0 aliphatic carbocycles. The topological polar surface area (TPSA) is 58.6 Å². The zero-order chi connectivity index (χ0) is 20.1. The molecule has 2 aromatic rings. The van der Waals surface area contributed by atoms with Gasteiger partial charge in [-0.2, -0.15) is 0 Å². The van der Waals surface area contributed by atoms with Gasteiger partial charge in [0.15, 0.2) is 0 Å². The van der Waals surface area contributed by atoms with E-state index in [1.54, 1.807) is 13.2 Å². The molecule has 1 heterocycles. The van der Waals surface area contributed by atoms with E-state index in [2.05, 4.69) is 5.32 Å². The summed E-state index contributed by atoms with van der Waals surface area (Å²) in [4.78, 5) is 26.6. The predicted octanol–water partition coefficient (Wildman–Crippen LogP) is 4.06. The number of ether oxygens (including phenoxy) is 1. The highest BCUT2D eigenvalue weighted by Gasteiger charge is 2.32. The van der Waals surface area contributed by atoms with Crippen molar-refractivity contribution in [1.29, 1.82) is 0 Å². The number of thiocarbonyl (C=S) groups is 1. The van der Waals surface area contributed by atoms with Gasteiger partial charge in [-0.25, -0.2) is 4.39 Å². The molecule has 0 saturated carbocycles. The highest BCUT2D eigenvalue weighted by Crippen LogP contribution is 2.32. The first-order chi connectivity index (χ1) is 13.5. The summed E-state index contributed by atoms with van der Waals surface area (Å²) in [6.45, 7) is 0.178. The van der Waals surface area contributed by atoms with Gasteiger partial charge in [0.25, 0.3) is 5.91 Å². The average Bonchev–Trinajstić information content (AvgIpc) is 2.95. The van der Waals surface area contributed by atoms with Crippen molar-refractivity contribution in [2.24, 2.45) is 0 Å². The molecule has 144 valence electrons. The van der Waals surface area contributed by atoms with Crippen molar-refractivity contribution < 1.29 is 18.7 Å². The minimum Gasteiger partial charge on any atom is -0.497 e. The number of methoxy groups -OCH3 is 1. The molecule has 1 saturated heterocycles. The Morgan fingerprint density at radius 1 is 1.21 bits per heavy atom. The third-order valence-corrected chi connectivity index (χ3v) is 5.36. The summed E-state index contributed by atoms with van der Waals surface area (Å²) in [5.41, 5.74) is 1.35. The fourth-order valence-corrected chi connectivity index (χ4v) is 3.82. The number of hydrogen-bond acceptors (Lipinski definition) is 5. The lowest BCUT2D eigenvalue weighted by Crippen LogP contribution is -2.31. The second-order valence-corrected chi connectivity index (χ2v) is 7.59. The van der Waals surface area contributed by atoms with Gasteiger partial charge in [0, 0.05) is 18.7 Å². The molecule has 0 spiro atoms. The van der Waals surface area contributed by atoms with Crippen LogP contribution < -0.4 is 10.1 Å². The van der Waals surface area contributed by atoms with Crippen molar-refractivity contribution in [2.75, 3.05) is 19.0 Å². The molecule has 1 fully saturated rings. The largest absolute Gasteiger partial charge is 0.497 e.